The van der Waals surface area contributed by atoms with Gasteiger partial charge in [-0.25, -0.2) is 17.6 Å². The molecule has 0 spiro atoms. The Hall–Kier alpha value is -2.41. The Balaban J connectivity index is 2.62. The van der Waals surface area contributed by atoms with Crippen molar-refractivity contribution < 1.29 is 22.3 Å². The number of benzene rings is 2. The molecule has 0 unspecified atom stereocenters. The number of anilines is 1. The second kappa shape index (κ2) is 7.00. The van der Waals surface area contributed by atoms with Gasteiger partial charge in [-0.1, -0.05) is 18.2 Å². The molecule has 0 radical (unpaired) electrons. The number of nitrogens with zero attached hydrogens (tertiary/aromatic N) is 1. The van der Waals surface area contributed by atoms with Crippen LogP contribution in [-0.2, 0) is 14.8 Å². The van der Waals surface area contributed by atoms with E-state index in [1.54, 1.807) is 44.2 Å². The number of rotatable bonds is 5. The molecule has 0 aromatic heterocycles. The van der Waals surface area contributed by atoms with Gasteiger partial charge in [0.1, 0.15) is 10.7 Å². The summed E-state index contributed by atoms with van der Waals surface area (Å²) >= 11 is 0. The Labute approximate surface area is 140 Å². The molecule has 2 aromatic carbocycles. The largest absolute Gasteiger partial charge is 0.465 e. The quantitative estimate of drug-likeness (QED) is 0.776. The van der Waals surface area contributed by atoms with Crippen molar-refractivity contribution in [3.63, 3.8) is 0 Å². The van der Waals surface area contributed by atoms with E-state index in [4.69, 9.17) is 0 Å². The van der Waals surface area contributed by atoms with Crippen LogP contribution in [-0.4, -0.2) is 27.5 Å². The zero-order valence-corrected chi connectivity index (χ0v) is 14.4. The van der Waals surface area contributed by atoms with Crippen LogP contribution in [0, 0.1) is 5.82 Å². The third kappa shape index (κ3) is 3.41. The van der Waals surface area contributed by atoms with Crippen molar-refractivity contribution in [1.82, 2.24) is 0 Å². The van der Waals surface area contributed by atoms with Gasteiger partial charge in [0, 0.05) is 6.04 Å². The molecule has 0 N–H and O–H groups in total. The average Bonchev–Trinajstić information content (AvgIpc) is 2.54. The second-order valence-electron chi connectivity index (χ2n) is 5.37. The van der Waals surface area contributed by atoms with E-state index in [2.05, 4.69) is 4.74 Å². The van der Waals surface area contributed by atoms with E-state index in [0.717, 1.165) is 16.4 Å². The summed E-state index contributed by atoms with van der Waals surface area (Å²) in [6.45, 7) is 3.37. The Morgan fingerprint density at radius 2 is 1.75 bits per heavy atom. The predicted molar refractivity (Wildman–Crippen MR) is 89.0 cm³/mol. The maximum absolute atomic E-state index is 14.2. The maximum Gasteiger partial charge on any atom is 0.337 e. The molecule has 0 aliphatic carbocycles. The number of hydrogen-bond donors (Lipinski definition) is 0. The van der Waals surface area contributed by atoms with Gasteiger partial charge < -0.3 is 4.74 Å². The van der Waals surface area contributed by atoms with Gasteiger partial charge in [0.2, 0.25) is 0 Å². The van der Waals surface area contributed by atoms with Crippen LogP contribution in [0.5, 0.6) is 0 Å². The maximum atomic E-state index is 14.2. The van der Waals surface area contributed by atoms with Gasteiger partial charge in [-0.15, -0.1) is 0 Å². The van der Waals surface area contributed by atoms with Crippen LogP contribution < -0.4 is 4.31 Å². The topological polar surface area (TPSA) is 63.7 Å². The summed E-state index contributed by atoms with van der Waals surface area (Å²) in [6, 6.07) is 11.1. The molecule has 128 valence electrons. The number of hydrogen-bond acceptors (Lipinski definition) is 4. The van der Waals surface area contributed by atoms with Gasteiger partial charge in [-0.2, -0.15) is 0 Å². The molecule has 0 bridgehead atoms. The van der Waals surface area contributed by atoms with Crippen molar-refractivity contribution >= 4 is 21.7 Å². The molecule has 0 fully saturated rings. The molecule has 0 heterocycles. The standard InChI is InChI=1S/C17H18FNO4S/c1-12(2)19(14-7-5-4-6-8-14)24(21,22)16-11-13(17(20)23-3)9-10-15(16)18/h4-12H,1-3H3. The first-order valence-corrected chi connectivity index (χ1v) is 8.70. The van der Waals surface area contributed by atoms with Crippen LogP contribution in [0.4, 0.5) is 10.1 Å². The van der Waals surface area contributed by atoms with E-state index >= 15 is 0 Å². The molecule has 2 aromatic rings. The fourth-order valence-electron chi connectivity index (χ4n) is 2.34. The number of para-hydroxylation sites is 1. The van der Waals surface area contributed by atoms with Crippen molar-refractivity contribution in [2.24, 2.45) is 0 Å². The van der Waals surface area contributed by atoms with Gasteiger partial charge in [0.15, 0.2) is 0 Å². The summed E-state index contributed by atoms with van der Waals surface area (Å²) in [5.41, 5.74) is 0.379. The minimum Gasteiger partial charge on any atom is -0.465 e. The fraction of sp³-hybridized carbons (Fsp3) is 0.235. The number of halogens is 1. The second-order valence-corrected chi connectivity index (χ2v) is 7.15. The molecule has 0 amide bonds. The number of carbonyl (C=O) groups excluding carboxylic acids is 1. The lowest BCUT2D eigenvalue weighted by molar-refractivity contribution is 0.0600. The summed E-state index contributed by atoms with van der Waals surface area (Å²) < 4.78 is 45.9. The predicted octanol–water partition coefficient (Wildman–Crippen LogP) is 3.22. The summed E-state index contributed by atoms with van der Waals surface area (Å²) in [7, 11) is -3.03. The Bertz CT molecular complexity index is 835. The van der Waals surface area contributed by atoms with E-state index in [-0.39, 0.29) is 5.56 Å². The van der Waals surface area contributed by atoms with E-state index in [0.29, 0.717) is 5.69 Å². The number of methoxy groups -OCH3 is 1. The normalized spacial score (nSPS) is 11.4. The van der Waals surface area contributed by atoms with Crippen molar-refractivity contribution in [2.75, 3.05) is 11.4 Å². The van der Waals surface area contributed by atoms with Crippen LogP contribution in [0.25, 0.3) is 0 Å². The molecular weight excluding hydrogens is 333 g/mol. The molecule has 0 saturated heterocycles. The van der Waals surface area contributed by atoms with Crippen LogP contribution in [0.3, 0.4) is 0 Å². The number of carbonyl (C=O) groups is 1. The summed E-state index contributed by atoms with van der Waals surface area (Å²) in [5, 5.41) is 0. The molecule has 2 rings (SSSR count). The molecule has 0 aliphatic heterocycles. The van der Waals surface area contributed by atoms with Crippen LogP contribution in [0.2, 0.25) is 0 Å². The van der Waals surface area contributed by atoms with Crippen LogP contribution in [0.1, 0.15) is 24.2 Å². The van der Waals surface area contributed by atoms with Gasteiger partial charge in [0.05, 0.1) is 18.4 Å². The molecule has 0 atom stereocenters. The number of esters is 1. The summed E-state index contributed by atoms with van der Waals surface area (Å²) in [4.78, 5) is 11.1. The number of ether oxygens (including phenoxy) is 1. The molecule has 0 saturated carbocycles. The fourth-order valence-corrected chi connectivity index (χ4v) is 4.10. The van der Waals surface area contributed by atoms with Crippen LogP contribution >= 0.6 is 0 Å². The van der Waals surface area contributed by atoms with E-state index in [1.165, 1.54) is 13.2 Å². The first kappa shape index (κ1) is 17.9. The summed E-state index contributed by atoms with van der Waals surface area (Å²) in [6.07, 6.45) is 0. The Morgan fingerprint density at radius 1 is 1.12 bits per heavy atom. The van der Waals surface area contributed by atoms with Crippen molar-refractivity contribution in [1.29, 1.82) is 0 Å². The zero-order valence-electron chi connectivity index (χ0n) is 13.6. The third-order valence-corrected chi connectivity index (χ3v) is 5.39. The van der Waals surface area contributed by atoms with Crippen molar-refractivity contribution in [3.8, 4) is 0 Å². The summed E-state index contributed by atoms with van der Waals surface area (Å²) in [5.74, 6) is -1.66. The number of sulfonamides is 1. The van der Waals surface area contributed by atoms with Crippen molar-refractivity contribution in [2.45, 2.75) is 24.8 Å². The highest BCUT2D eigenvalue weighted by Crippen LogP contribution is 2.28. The first-order chi connectivity index (χ1) is 11.3. The molecule has 24 heavy (non-hydrogen) atoms. The highest BCUT2D eigenvalue weighted by Gasteiger charge is 2.30. The lowest BCUT2D eigenvalue weighted by Gasteiger charge is -2.28. The van der Waals surface area contributed by atoms with Gasteiger partial charge >= 0.3 is 5.97 Å². The van der Waals surface area contributed by atoms with Gasteiger partial charge in [-0.05, 0) is 44.2 Å². The lowest BCUT2D eigenvalue weighted by atomic mass is 10.2. The molecule has 7 heteroatoms. The van der Waals surface area contributed by atoms with Gasteiger partial charge in [-0.3, -0.25) is 4.31 Å². The minimum atomic E-state index is -4.20. The lowest BCUT2D eigenvalue weighted by Crippen LogP contribution is -2.37. The van der Waals surface area contributed by atoms with E-state index in [1.807, 2.05) is 0 Å². The highest BCUT2D eigenvalue weighted by atomic mass is 32.2. The van der Waals surface area contributed by atoms with E-state index in [9.17, 15) is 17.6 Å². The first-order valence-electron chi connectivity index (χ1n) is 7.26. The minimum absolute atomic E-state index is 0.0331. The van der Waals surface area contributed by atoms with Crippen LogP contribution in [0.15, 0.2) is 53.4 Å². The molecule has 5 nitrogen and oxygen atoms in total. The average molecular weight is 351 g/mol. The smallest absolute Gasteiger partial charge is 0.337 e. The Morgan fingerprint density at radius 3 is 2.29 bits per heavy atom. The highest BCUT2D eigenvalue weighted by molar-refractivity contribution is 7.92. The molecular formula is C17H18FNO4S. The zero-order chi connectivity index (χ0) is 17.9. The van der Waals surface area contributed by atoms with Gasteiger partial charge in [0.25, 0.3) is 10.0 Å². The molecule has 0 aliphatic rings. The third-order valence-electron chi connectivity index (χ3n) is 3.37. The van der Waals surface area contributed by atoms with Crippen molar-refractivity contribution in [3.05, 3.63) is 59.9 Å². The monoisotopic (exact) mass is 351 g/mol. The van der Waals surface area contributed by atoms with E-state index < -0.39 is 32.7 Å². The Kier molecular flexibility index (Phi) is 5.23. The SMILES string of the molecule is COC(=O)c1ccc(F)c(S(=O)(=O)N(c2ccccc2)C(C)C)c1.